The minimum absolute atomic E-state index is 0.0857. The van der Waals surface area contributed by atoms with Crippen LogP contribution in [0.5, 0.6) is 0 Å². The van der Waals surface area contributed by atoms with Gasteiger partial charge in [-0.05, 0) is 41.1 Å². The number of carbonyl (C=O) groups is 1. The summed E-state index contributed by atoms with van der Waals surface area (Å²) in [4.78, 5) is 13.7. The summed E-state index contributed by atoms with van der Waals surface area (Å²) in [7, 11) is 1.82. The van der Waals surface area contributed by atoms with Crippen molar-refractivity contribution in [3.63, 3.8) is 0 Å². The van der Waals surface area contributed by atoms with Gasteiger partial charge in [0.25, 0.3) is 5.91 Å². The number of halogens is 2. The molecule has 2 nitrogen and oxygen atoms in total. The maximum absolute atomic E-state index is 12.0. The van der Waals surface area contributed by atoms with Crippen LogP contribution in [-0.4, -0.2) is 29.7 Å². The zero-order valence-corrected chi connectivity index (χ0v) is 12.5. The number of aryl methyl sites for hydroxylation is 1. The lowest BCUT2D eigenvalue weighted by atomic mass is 10.1. The van der Waals surface area contributed by atoms with Crippen LogP contribution >= 0.6 is 38.5 Å². The van der Waals surface area contributed by atoms with Gasteiger partial charge in [0.2, 0.25) is 0 Å². The molecule has 15 heavy (non-hydrogen) atoms. The number of hydrogen-bond donors (Lipinski definition) is 0. The summed E-state index contributed by atoms with van der Waals surface area (Å²) in [6.45, 7) is 2.74. The highest BCUT2D eigenvalue weighted by molar-refractivity contribution is 14.1. The molecule has 0 aromatic heterocycles. The van der Waals surface area contributed by atoms with E-state index in [1.54, 1.807) is 4.90 Å². The molecule has 0 fully saturated rings. The molecule has 1 aromatic rings. The average Bonchev–Trinajstić information content (AvgIpc) is 2.21. The van der Waals surface area contributed by atoms with E-state index in [2.05, 4.69) is 38.5 Å². The molecule has 0 unspecified atom stereocenters. The van der Waals surface area contributed by atoms with E-state index in [-0.39, 0.29) is 5.91 Å². The summed E-state index contributed by atoms with van der Waals surface area (Å²) in [5.41, 5.74) is 1.94. The molecule has 0 aliphatic rings. The highest BCUT2D eigenvalue weighted by atomic mass is 127. The van der Waals surface area contributed by atoms with Crippen LogP contribution in [0.1, 0.15) is 15.9 Å². The molecule has 0 aliphatic carbocycles. The zero-order chi connectivity index (χ0) is 11.4. The third kappa shape index (κ3) is 3.17. The molecule has 0 atom stereocenters. The minimum atomic E-state index is 0.0857. The van der Waals surface area contributed by atoms with Gasteiger partial charge in [0.15, 0.2) is 0 Å². The second kappa shape index (κ2) is 5.84. The summed E-state index contributed by atoms with van der Waals surface area (Å²) in [5, 5.41) is 0.803. The van der Waals surface area contributed by atoms with Crippen LogP contribution in [0.4, 0.5) is 0 Å². The van der Waals surface area contributed by atoms with Gasteiger partial charge in [-0.3, -0.25) is 4.79 Å². The van der Waals surface area contributed by atoms with E-state index < -0.39 is 0 Å². The summed E-state index contributed by atoms with van der Waals surface area (Å²) in [5.74, 6) is 0.0857. The Morgan fingerprint density at radius 3 is 2.80 bits per heavy atom. The number of alkyl halides is 1. The SMILES string of the molecule is Cc1cccc(C(=O)N(C)CCBr)c1I. The minimum Gasteiger partial charge on any atom is -0.341 e. The third-order valence-electron chi connectivity index (χ3n) is 2.19. The molecule has 0 N–H and O–H groups in total. The van der Waals surface area contributed by atoms with Crippen LogP contribution in [0.15, 0.2) is 18.2 Å². The van der Waals surface area contributed by atoms with Gasteiger partial charge in [-0.25, -0.2) is 0 Å². The molecular formula is C11H13BrINO. The number of rotatable bonds is 3. The average molecular weight is 382 g/mol. The second-order valence-corrected chi connectivity index (χ2v) is 5.22. The Morgan fingerprint density at radius 1 is 1.53 bits per heavy atom. The Kier molecular flexibility index (Phi) is 5.05. The molecule has 0 saturated carbocycles. The molecule has 0 heterocycles. The summed E-state index contributed by atoms with van der Waals surface area (Å²) in [6.07, 6.45) is 0. The van der Waals surface area contributed by atoms with Crippen molar-refractivity contribution in [2.45, 2.75) is 6.92 Å². The maximum atomic E-state index is 12.0. The summed E-state index contributed by atoms with van der Waals surface area (Å²) in [6, 6.07) is 5.82. The molecule has 0 bridgehead atoms. The molecular weight excluding hydrogens is 369 g/mol. The molecule has 0 saturated heterocycles. The second-order valence-electron chi connectivity index (χ2n) is 3.35. The first kappa shape index (κ1) is 13.0. The predicted octanol–water partition coefficient (Wildman–Crippen LogP) is 3.07. The predicted molar refractivity (Wildman–Crippen MR) is 74.7 cm³/mol. The van der Waals surface area contributed by atoms with E-state index in [4.69, 9.17) is 0 Å². The van der Waals surface area contributed by atoms with E-state index in [0.29, 0.717) is 0 Å². The van der Waals surface area contributed by atoms with Crippen molar-refractivity contribution in [1.82, 2.24) is 4.90 Å². The monoisotopic (exact) mass is 381 g/mol. The van der Waals surface area contributed by atoms with Crippen molar-refractivity contribution < 1.29 is 4.79 Å². The van der Waals surface area contributed by atoms with Crippen LogP contribution in [0.2, 0.25) is 0 Å². The van der Waals surface area contributed by atoms with Crippen molar-refractivity contribution >= 4 is 44.4 Å². The van der Waals surface area contributed by atoms with E-state index in [1.807, 2.05) is 32.2 Å². The van der Waals surface area contributed by atoms with E-state index >= 15 is 0 Å². The normalized spacial score (nSPS) is 10.1. The maximum Gasteiger partial charge on any atom is 0.254 e. The Labute approximate surface area is 112 Å². The standard InChI is InChI=1S/C11H13BrINO/c1-8-4-3-5-9(10(8)13)11(15)14(2)7-6-12/h3-5H,6-7H2,1-2H3. The Morgan fingerprint density at radius 2 is 2.20 bits per heavy atom. The highest BCUT2D eigenvalue weighted by Crippen LogP contribution is 2.17. The molecule has 1 amide bonds. The Hall–Kier alpha value is -0.100. The highest BCUT2D eigenvalue weighted by Gasteiger charge is 2.14. The van der Waals surface area contributed by atoms with Gasteiger partial charge in [-0.1, -0.05) is 28.1 Å². The van der Waals surface area contributed by atoms with Gasteiger partial charge in [-0.2, -0.15) is 0 Å². The zero-order valence-electron chi connectivity index (χ0n) is 8.76. The quantitative estimate of drug-likeness (QED) is 0.582. The molecule has 1 rings (SSSR count). The molecule has 0 spiro atoms. The molecule has 82 valence electrons. The number of amides is 1. The van der Waals surface area contributed by atoms with Crippen LogP contribution in [-0.2, 0) is 0 Å². The van der Waals surface area contributed by atoms with E-state index in [0.717, 1.165) is 26.6 Å². The molecule has 0 radical (unpaired) electrons. The van der Waals surface area contributed by atoms with Crippen LogP contribution in [0.25, 0.3) is 0 Å². The first-order chi connectivity index (χ1) is 7.07. The number of carbonyl (C=O) groups excluding carboxylic acids is 1. The summed E-state index contributed by atoms with van der Waals surface area (Å²) >= 11 is 5.55. The Balaban J connectivity index is 2.96. The molecule has 1 aromatic carbocycles. The molecule has 0 aliphatic heterocycles. The third-order valence-corrected chi connectivity index (χ3v) is 3.98. The number of nitrogens with zero attached hydrogens (tertiary/aromatic N) is 1. The van der Waals surface area contributed by atoms with Crippen molar-refractivity contribution in [3.05, 3.63) is 32.9 Å². The van der Waals surface area contributed by atoms with Crippen LogP contribution < -0.4 is 0 Å². The van der Waals surface area contributed by atoms with E-state index in [1.165, 1.54) is 0 Å². The van der Waals surface area contributed by atoms with E-state index in [9.17, 15) is 4.79 Å². The van der Waals surface area contributed by atoms with Gasteiger partial charge in [0, 0.05) is 22.5 Å². The number of benzene rings is 1. The van der Waals surface area contributed by atoms with Crippen LogP contribution in [0, 0.1) is 10.5 Å². The lowest BCUT2D eigenvalue weighted by Gasteiger charge is -2.17. The fourth-order valence-corrected chi connectivity index (χ4v) is 2.37. The fourth-order valence-electron chi connectivity index (χ4n) is 1.25. The first-order valence-corrected chi connectivity index (χ1v) is 6.84. The van der Waals surface area contributed by atoms with Gasteiger partial charge in [0.05, 0.1) is 5.56 Å². The number of hydrogen-bond acceptors (Lipinski definition) is 1. The van der Waals surface area contributed by atoms with Gasteiger partial charge in [0.1, 0.15) is 0 Å². The van der Waals surface area contributed by atoms with Gasteiger partial charge >= 0.3 is 0 Å². The van der Waals surface area contributed by atoms with Gasteiger partial charge < -0.3 is 4.90 Å². The largest absolute Gasteiger partial charge is 0.341 e. The topological polar surface area (TPSA) is 20.3 Å². The van der Waals surface area contributed by atoms with Gasteiger partial charge in [-0.15, -0.1) is 0 Å². The molecule has 4 heteroatoms. The van der Waals surface area contributed by atoms with Crippen molar-refractivity contribution in [3.8, 4) is 0 Å². The lowest BCUT2D eigenvalue weighted by Crippen LogP contribution is -2.29. The van der Waals surface area contributed by atoms with Crippen LogP contribution in [0.3, 0.4) is 0 Å². The first-order valence-electron chi connectivity index (χ1n) is 4.64. The van der Waals surface area contributed by atoms with Crippen molar-refractivity contribution in [2.24, 2.45) is 0 Å². The summed E-state index contributed by atoms with van der Waals surface area (Å²) < 4.78 is 1.04. The van der Waals surface area contributed by atoms with Crippen molar-refractivity contribution in [1.29, 1.82) is 0 Å². The fraction of sp³-hybridized carbons (Fsp3) is 0.364. The Bertz CT molecular complexity index is 368. The lowest BCUT2D eigenvalue weighted by molar-refractivity contribution is 0.0803. The van der Waals surface area contributed by atoms with Crippen molar-refractivity contribution in [2.75, 3.05) is 18.9 Å². The smallest absolute Gasteiger partial charge is 0.254 e.